The van der Waals surface area contributed by atoms with Gasteiger partial charge in [-0.15, -0.1) is 11.6 Å². The van der Waals surface area contributed by atoms with Gasteiger partial charge in [-0.1, -0.05) is 13.8 Å². The normalized spacial score (nSPS) is 26.5. The largest absolute Gasteiger partial charge is 0.344 e. The van der Waals surface area contributed by atoms with Gasteiger partial charge in [0, 0.05) is 12.9 Å². The molecule has 0 unspecified atom stereocenters. The Morgan fingerprint density at radius 3 is 2.70 bits per heavy atom. The first-order valence-electron chi connectivity index (χ1n) is 7.41. The molecule has 0 aromatic carbocycles. The van der Waals surface area contributed by atoms with E-state index in [0.717, 1.165) is 43.7 Å². The molecule has 0 aliphatic heterocycles. The first-order chi connectivity index (χ1) is 9.49. The molecule has 1 heterocycles. The van der Waals surface area contributed by atoms with Gasteiger partial charge in [0.25, 0.3) is 5.91 Å². The van der Waals surface area contributed by atoms with Gasteiger partial charge in [-0.3, -0.25) is 9.48 Å². The highest BCUT2D eigenvalue weighted by Crippen LogP contribution is 2.33. The molecule has 2 rings (SSSR count). The summed E-state index contributed by atoms with van der Waals surface area (Å²) in [7, 11) is 1.81. The van der Waals surface area contributed by atoms with Crippen LogP contribution in [0.3, 0.4) is 0 Å². The van der Waals surface area contributed by atoms with E-state index >= 15 is 0 Å². The van der Waals surface area contributed by atoms with Crippen molar-refractivity contribution < 1.29 is 4.79 Å². The smallest absolute Gasteiger partial charge is 0.270 e. The first-order valence-corrected chi connectivity index (χ1v) is 7.94. The number of aromatic nitrogens is 2. The maximum atomic E-state index is 12.5. The Balaban J connectivity index is 2.11. The zero-order valence-corrected chi connectivity index (χ0v) is 13.3. The van der Waals surface area contributed by atoms with Crippen LogP contribution in [0.4, 0.5) is 0 Å². The van der Waals surface area contributed by atoms with Crippen LogP contribution in [0.1, 0.15) is 55.7 Å². The molecular formula is C15H24ClN3O. The molecule has 5 heteroatoms. The number of nitrogens with zero attached hydrogens (tertiary/aromatic N) is 2. The lowest BCUT2D eigenvalue weighted by atomic mass is 9.78. The van der Waals surface area contributed by atoms with Crippen LogP contribution in [0.2, 0.25) is 0 Å². The van der Waals surface area contributed by atoms with E-state index in [1.165, 1.54) is 0 Å². The minimum Gasteiger partial charge on any atom is -0.344 e. The topological polar surface area (TPSA) is 46.9 Å². The van der Waals surface area contributed by atoms with Crippen molar-refractivity contribution in [2.45, 2.75) is 51.5 Å². The predicted molar refractivity (Wildman–Crippen MR) is 81.1 cm³/mol. The average Bonchev–Trinajstić information content (AvgIpc) is 2.83. The number of carbonyl (C=O) groups is 1. The molecular weight excluding hydrogens is 274 g/mol. The maximum Gasteiger partial charge on any atom is 0.270 e. The standard InChI is InChI=1S/C15H24ClN3O/c1-4-12-9-13(19(3)18-12)14(20)17-15(10-16)7-5-11(2)6-8-15/h9,11H,4-8,10H2,1-3H3,(H,17,20). The summed E-state index contributed by atoms with van der Waals surface area (Å²) >= 11 is 6.15. The first kappa shape index (κ1) is 15.4. The summed E-state index contributed by atoms with van der Waals surface area (Å²) in [5, 5.41) is 7.49. The highest BCUT2D eigenvalue weighted by Gasteiger charge is 2.35. The molecule has 0 radical (unpaired) electrons. The summed E-state index contributed by atoms with van der Waals surface area (Å²) < 4.78 is 1.65. The van der Waals surface area contributed by atoms with E-state index in [2.05, 4.69) is 17.3 Å². The molecule has 4 nitrogen and oxygen atoms in total. The summed E-state index contributed by atoms with van der Waals surface area (Å²) in [5.74, 6) is 1.14. The highest BCUT2D eigenvalue weighted by atomic mass is 35.5. The van der Waals surface area contributed by atoms with E-state index in [1.807, 2.05) is 20.0 Å². The minimum absolute atomic E-state index is 0.0603. The fourth-order valence-electron chi connectivity index (χ4n) is 2.82. The third-order valence-electron chi connectivity index (χ3n) is 4.39. The third-order valence-corrected chi connectivity index (χ3v) is 4.90. The number of nitrogens with one attached hydrogen (secondary N) is 1. The van der Waals surface area contributed by atoms with E-state index in [0.29, 0.717) is 11.6 Å². The molecule has 0 atom stereocenters. The van der Waals surface area contributed by atoms with E-state index in [9.17, 15) is 4.79 Å². The molecule has 1 amide bonds. The molecule has 1 aliphatic rings. The quantitative estimate of drug-likeness (QED) is 0.869. The van der Waals surface area contributed by atoms with E-state index < -0.39 is 0 Å². The number of hydrogen-bond donors (Lipinski definition) is 1. The fraction of sp³-hybridized carbons (Fsp3) is 0.733. The Labute approximate surface area is 125 Å². The molecule has 1 aromatic rings. The zero-order chi connectivity index (χ0) is 14.8. The van der Waals surface area contributed by atoms with Crippen LogP contribution >= 0.6 is 11.6 Å². The van der Waals surface area contributed by atoms with Crippen LogP contribution in [-0.2, 0) is 13.5 Å². The summed E-state index contributed by atoms with van der Waals surface area (Å²) in [6, 6.07) is 1.86. The molecule has 1 fully saturated rings. The van der Waals surface area contributed by atoms with Gasteiger partial charge in [-0.2, -0.15) is 5.10 Å². The van der Waals surface area contributed by atoms with Crippen LogP contribution in [0.15, 0.2) is 6.07 Å². The van der Waals surface area contributed by atoms with Crippen molar-refractivity contribution in [3.8, 4) is 0 Å². The van der Waals surface area contributed by atoms with Crippen molar-refractivity contribution in [1.82, 2.24) is 15.1 Å². The maximum absolute atomic E-state index is 12.5. The Morgan fingerprint density at radius 2 is 2.20 bits per heavy atom. The number of rotatable bonds is 4. The number of aryl methyl sites for hydroxylation is 2. The highest BCUT2D eigenvalue weighted by molar-refractivity contribution is 6.19. The molecule has 0 saturated heterocycles. The Hall–Kier alpha value is -1.03. The second-order valence-corrected chi connectivity index (χ2v) is 6.32. The van der Waals surface area contributed by atoms with Crippen molar-refractivity contribution in [3.63, 3.8) is 0 Å². The van der Waals surface area contributed by atoms with Crippen molar-refractivity contribution in [2.24, 2.45) is 13.0 Å². The molecule has 0 bridgehead atoms. The van der Waals surface area contributed by atoms with Gasteiger partial charge >= 0.3 is 0 Å². The van der Waals surface area contributed by atoms with Crippen molar-refractivity contribution in [2.75, 3.05) is 5.88 Å². The van der Waals surface area contributed by atoms with Crippen LogP contribution in [0, 0.1) is 5.92 Å². The molecule has 1 saturated carbocycles. The summed E-state index contributed by atoms with van der Waals surface area (Å²) in [4.78, 5) is 12.5. The molecule has 0 spiro atoms. The van der Waals surface area contributed by atoms with Gasteiger partial charge < -0.3 is 5.32 Å². The molecule has 112 valence electrons. The van der Waals surface area contributed by atoms with E-state index in [1.54, 1.807) is 4.68 Å². The number of alkyl halides is 1. The third kappa shape index (κ3) is 3.17. The van der Waals surface area contributed by atoms with E-state index in [4.69, 9.17) is 11.6 Å². The van der Waals surface area contributed by atoms with Gasteiger partial charge in [-0.25, -0.2) is 0 Å². The zero-order valence-electron chi connectivity index (χ0n) is 12.6. The van der Waals surface area contributed by atoms with Crippen LogP contribution in [0.5, 0.6) is 0 Å². The Bertz CT molecular complexity index is 475. The number of halogens is 1. The molecule has 1 N–H and O–H groups in total. The van der Waals surface area contributed by atoms with Crippen molar-refractivity contribution in [3.05, 3.63) is 17.5 Å². The van der Waals surface area contributed by atoms with Gasteiger partial charge in [0.2, 0.25) is 0 Å². The number of carbonyl (C=O) groups excluding carboxylic acids is 1. The number of amides is 1. The molecule has 20 heavy (non-hydrogen) atoms. The summed E-state index contributed by atoms with van der Waals surface area (Å²) in [6.45, 7) is 4.29. The monoisotopic (exact) mass is 297 g/mol. The predicted octanol–water partition coefficient (Wildman–Crippen LogP) is 2.90. The molecule has 1 aromatic heterocycles. The summed E-state index contributed by atoms with van der Waals surface area (Å²) in [5.41, 5.74) is 1.31. The fourth-order valence-corrected chi connectivity index (χ4v) is 3.16. The SMILES string of the molecule is CCc1cc(C(=O)NC2(CCl)CCC(C)CC2)n(C)n1. The van der Waals surface area contributed by atoms with Gasteiger partial charge in [0.15, 0.2) is 0 Å². The number of hydrogen-bond acceptors (Lipinski definition) is 2. The van der Waals surface area contributed by atoms with Crippen molar-refractivity contribution >= 4 is 17.5 Å². The minimum atomic E-state index is -0.248. The Morgan fingerprint density at radius 1 is 1.55 bits per heavy atom. The lowest BCUT2D eigenvalue weighted by molar-refractivity contribution is 0.0862. The second-order valence-electron chi connectivity index (χ2n) is 6.05. The molecule has 1 aliphatic carbocycles. The van der Waals surface area contributed by atoms with Crippen LogP contribution < -0.4 is 5.32 Å². The summed E-state index contributed by atoms with van der Waals surface area (Å²) in [6.07, 6.45) is 5.00. The lowest BCUT2D eigenvalue weighted by Crippen LogP contribution is -2.52. The van der Waals surface area contributed by atoms with Crippen molar-refractivity contribution in [1.29, 1.82) is 0 Å². The average molecular weight is 298 g/mol. The van der Waals surface area contributed by atoms with Crippen LogP contribution in [0.25, 0.3) is 0 Å². The Kier molecular flexibility index (Phi) is 4.74. The van der Waals surface area contributed by atoms with Gasteiger partial charge in [0.1, 0.15) is 5.69 Å². The second kappa shape index (κ2) is 6.17. The lowest BCUT2D eigenvalue weighted by Gasteiger charge is -2.38. The van der Waals surface area contributed by atoms with Crippen LogP contribution in [-0.4, -0.2) is 27.1 Å². The van der Waals surface area contributed by atoms with Gasteiger partial charge in [-0.05, 0) is 44.1 Å². The van der Waals surface area contributed by atoms with Gasteiger partial charge in [0.05, 0.1) is 11.2 Å². The van der Waals surface area contributed by atoms with E-state index in [-0.39, 0.29) is 11.4 Å².